The fourth-order valence-electron chi connectivity index (χ4n) is 2.13. The Morgan fingerprint density at radius 1 is 1.17 bits per heavy atom. The monoisotopic (exact) mass is 335 g/mol. The maximum Gasteiger partial charge on any atom is 0.416 e. The highest BCUT2D eigenvalue weighted by atomic mass is 19.4. The number of halogens is 3. The summed E-state index contributed by atoms with van der Waals surface area (Å²) in [6.45, 7) is 2.08. The molecule has 0 spiro atoms. The quantitative estimate of drug-likeness (QED) is 0.791. The average molecular weight is 335 g/mol. The molecule has 3 rings (SSSR count). The van der Waals surface area contributed by atoms with Gasteiger partial charge in [0, 0.05) is 5.56 Å². The van der Waals surface area contributed by atoms with Gasteiger partial charge in [-0.2, -0.15) is 23.1 Å². The third-order valence-electron chi connectivity index (χ3n) is 3.16. The smallest absolute Gasteiger partial charge is 0.416 e. The van der Waals surface area contributed by atoms with Crippen LogP contribution in [0, 0.1) is 0 Å². The van der Waals surface area contributed by atoms with Gasteiger partial charge < -0.3 is 10.5 Å². The predicted octanol–water partition coefficient (Wildman–Crippen LogP) is 3.09. The van der Waals surface area contributed by atoms with Crippen LogP contribution in [0.15, 0.2) is 30.5 Å². The number of hydrogen-bond donors (Lipinski definition) is 1. The number of anilines is 1. The lowest BCUT2D eigenvalue weighted by atomic mass is 10.1. The number of nitrogens with zero attached hydrogens (tertiary/aromatic N) is 4. The molecule has 6 nitrogen and oxygen atoms in total. The summed E-state index contributed by atoms with van der Waals surface area (Å²) in [5.74, 6) is 0.119. The Kier molecular flexibility index (Phi) is 3.92. The van der Waals surface area contributed by atoms with Crippen molar-refractivity contribution < 1.29 is 17.9 Å². The first-order valence-corrected chi connectivity index (χ1v) is 6.99. The zero-order valence-corrected chi connectivity index (χ0v) is 12.5. The van der Waals surface area contributed by atoms with Crippen molar-refractivity contribution in [3.05, 3.63) is 36.0 Å². The summed E-state index contributed by atoms with van der Waals surface area (Å²) < 4.78 is 43.9. The second-order valence-electron chi connectivity index (χ2n) is 4.83. The van der Waals surface area contributed by atoms with Gasteiger partial charge in [0.2, 0.25) is 11.8 Å². The van der Waals surface area contributed by atoms with Crippen LogP contribution >= 0.6 is 0 Å². The van der Waals surface area contributed by atoms with E-state index in [4.69, 9.17) is 10.5 Å². The van der Waals surface area contributed by atoms with Crippen molar-refractivity contribution >= 4 is 17.1 Å². The second-order valence-corrected chi connectivity index (χ2v) is 4.83. The topological polar surface area (TPSA) is 86.8 Å². The van der Waals surface area contributed by atoms with Crippen LogP contribution in [-0.2, 0) is 6.18 Å². The number of nitrogen functional groups attached to an aromatic ring is 1. The molecule has 24 heavy (non-hydrogen) atoms. The Morgan fingerprint density at radius 2 is 1.96 bits per heavy atom. The molecule has 3 aromatic rings. The van der Waals surface area contributed by atoms with Gasteiger partial charge in [-0.15, -0.1) is 0 Å². The SMILES string of the molecule is CCOc1nc(N)nc2ncc(-c3cccc(C(F)(F)F)c3)nc12. The van der Waals surface area contributed by atoms with Crippen molar-refractivity contribution in [2.45, 2.75) is 13.1 Å². The van der Waals surface area contributed by atoms with Crippen molar-refractivity contribution in [2.24, 2.45) is 0 Å². The molecule has 2 aromatic heterocycles. The highest BCUT2D eigenvalue weighted by Gasteiger charge is 2.30. The van der Waals surface area contributed by atoms with Gasteiger partial charge >= 0.3 is 6.18 Å². The van der Waals surface area contributed by atoms with E-state index < -0.39 is 11.7 Å². The Labute approximate surface area is 134 Å². The van der Waals surface area contributed by atoms with Gasteiger partial charge in [-0.05, 0) is 19.1 Å². The summed E-state index contributed by atoms with van der Waals surface area (Å²) >= 11 is 0. The highest BCUT2D eigenvalue weighted by Crippen LogP contribution is 2.32. The molecule has 0 amide bonds. The molecule has 0 atom stereocenters. The number of hydrogen-bond acceptors (Lipinski definition) is 6. The molecular formula is C15H12F3N5O. The maximum absolute atomic E-state index is 12.9. The highest BCUT2D eigenvalue weighted by molar-refractivity contribution is 5.79. The molecule has 0 aliphatic rings. The van der Waals surface area contributed by atoms with E-state index >= 15 is 0 Å². The zero-order chi connectivity index (χ0) is 17.3. The molecule has 9 heteroatoms. The molecule has 0 aliphatic carbocycles. The third kappa shape index (κ3) is 3.05. The summed E-state index contributed by atoms with van der Waals surface area (Å²) in [6.07, 6.45) is -3.10. The fraction of sp³-hybridized carbons (Fsp3) is 0.200. The maximum atomic E-state index is 12.9. The van der Waals surface area contributed by atoms with Crippen molar-refractivity contribution in [3.8, 4) is 17.1 Å². The minimum absolute atomic E-state index is 0.0212. The largest absolute Gasteiger partial charge is 0.476 e. The molecule has 0 aliphatic heterocycles. The second kappa shape index (κ2) is 5.91. The van der Waals surface area contributed by atoms with E-state index in [1.807, 2.05) is 0 Å². The molecule has 0 bridgehead atoms. The van der Waals surface area contributed by atoms with Gasteiger partial charge in [0.25, 0.3) is 0 Å². The summed E-state index contributed by atoms with van der Waals surface area (Å²) in [4.78, 5) is 16.3. The zero-order valence-electron chi connectivity index (χ0n) is 12.5. The molecule has 0 saturated heterocycles. The fourth-order valence-corrected chi connectivity index (χ4v) is 2.13. The normalized spacial score (nSPS) is 11.7. The Hall–Kier alpha value is -2.97. The van der Waals surface area contributed by atoms with Crippen molar-refractivity contribution in [2.75, 3.05) is 12.3 Å². The number of fused-ring (bicyclic) bond motifs is 1. The van der Waals surface area contributed by atoms with E-state index in [2.05, 4.69) is 19.9 Å². The van der Waals surface area contributed by atoms with E-state index in [1.165, 1.54) is 18.3 Å². The number of benzene rings is 1. The average Bonchev–Trinajstić information content (AvgIpc) is 2.54. The Bertz CT molecular complexity index is 898. The van der Waals surface area contributed by atoms with Crippen LogP contribution in [-0.4, -0.2) is 26.5 Å². The number of nitrogens with two attached hydrogens (primary N) is 1. The third-order valence-corrected chi connectivity index (χ3v) is 3.16. The Morgan fingerprint density at radius 3 is 2.67 bits per heavy atom. The van der Waals surface area contributed by atoms with Gasteiger partial charge in [0.15, 0.2) is 11.2 Å². The predicted molar refractivity (Wildman–Crippen MR) is 81.1 cm³/mol. The van der Waals surface area contributed by atoms with Gasteiger partial charge in [-0.1, -0.05) is 12.1 Å². The van der Waals surface area contributed by atoms with Crippen LogP contribution < -0.4 is 10.5 Å². The van der Waals surface area contributed by atoms with Crippen LogP contribution in [0.2, 0.25) is 0 Å². The number of alkyl halides is 3. The number of ether oxygens (including phenoxy) is 1. The first-order valence-electron chi connectivity index (χ1n) is 6.99. The van der Waals surface area contributed by atoms with Crippen LogP contribution in [0.25, 0.3) is 22.4 Å². The Balaban J connectivity index is 2.14. The van der Waals surface area contributed by atoms with Crippen molar-refractivity contribution in [1.82, 2.24) is 19.9 Å². The van der Waals surface area contributed by atoms with E-state index in [0.29, 0.717) is 6.61 Å². The van der Waals surface area contributed by atoms with Crippen LogP contribution in [0.5, 0.6) is 5.88 Å². The molecule has 0 radical (unpaired) electrons. The molecule has 2 heterocycles. The van der Waals surface area contributed by atoms with E-state index in [0.717, 1.165) is 12.1 Å². The molecule has 0 unspecified atom stereocenters. The first kappa shape index (κ1) is 15.9. The van der Waals surface area contributed by atoms with Crippen molar-refractivity contribution in [1.29, 1.82) is 0 Å². The molecule has 2 N–H and O–H groups in total. The van der Waals surface area contributed by atoms with Gasteiger partial charge in [0.05, 0.1) is 24.1 Å². The van der Waals surface area contributed by atoms with Crippen molar-refractivity contribution in [3.63, 3.8) is 0 Å². The molecular weight excluding hydrogens is 323 g/mol. The summed E-state index contributed by atoms with van der Waals surface area (Å²) in [5.41, 5.74) is 5.79. The molecule has 124 valence electrons. The molecule has 0 fully saturated rings. The van der Waals surface area contributed by atoms with E-state index in [9.17, 15) is 13.2 Å². The lowest BCUT2D eigenvalue weighted by Gasteiger charge is -2.10. The summed E-state index contributed by atoms with van der Waals surface area (Å²) in [5, 5.41) is 0. The lowest BCUT2D eigenvalue weighted by Crippen LogP contribution is -2.05. The summed E-state index contributed by atoms with van der Waals surface area (Å²) in [6, 6.07) is 4.83. The number of rotatable bonds is 3. The molecule has 1 aromatic carbocycles. The van der Waals surface area contributed by atoms with E-state index in [-0.39, 0.29) is 34.2 Å². The van der Waals surface area contributed by atoms with E-state index in [1.54, 1.807) is 6.92 Å². The van der Waals surface area contributed by atoms with Gasteiger partial charge in [0.1, 0.15) is 0 Å². The first-order chi connectivity index (χ1) is 11.4. The van der Waals surface area contributed by atoms with Gasteiger partial charge in [-0.25, -0.2) is 9.97 Å². The van der Waals surface area contributed by atoms with Crippen LogP contribution in [0.4, 0.5) is 19.1 Å². The van der Waals surface area contributed by atoms with Crippen LogP contribution in [0.3, 0.4) is 0 Å². The minimum Gasteiger partial charge on any atom is -0.476 e. The minimum atomic E-state index is -4.44. The lowest BCUT2D eigenvalue weighted by molar-refractivity contribution is -0.137. The number of aromatic nitrogens is 4. The summed E-state index contributed by atoms with van der Waals surface area (Å²) in [7, 11) is 0. The van der Waals surface area contributed by atoms with Gasteiger partial charge in [-0.3, -0.25) is 0 Å². The van der Waals surface area contributed by atoms with Crippen LogP contribution in [0.1, 0.15) is 12.5 Å². The standard InChI is InChI=1S/C15H12F3N5O/c1-2-24-13-11-12(22-14(19)23-13)20-7-10(21-11)8-4-3-5-9(6-8)15(16,17)18/h3-7H,2H2,1H3,(H2,19,20,22,23). The molecule has 0 saturated carbocycles.